The molecule has 0 fully saturated rings. The van der Waals surface area contributed by atoms with Gasteiger partial charge in [0.1, 0.15) is 0 Å². The van der Waals surface area contributed by atoms with Crippen molar-refractivity contribution in [3.8, 4) is 56.7 Å². The van der Waals surface area contributed by atoms with Crippen LogP contribution in [0.15, 0.2) is 324 Å². The molecule has 0 aliphatic heterocycles. The van der Waals surface area contributed by atoms with Crippen LogP contribution in [0.2, 0.25) is 0 Å². The first-order chi connectivity index (χ1) is 53.9. The summed E-state index contributed by atoms with van der Waals surface area (Å²) in [6.07, 6.45) is 3.33. The van der Waals surface area contributed by atoms with Crippen LogP contribution < -0.4 is 43.4 Å². The van der Waals surface area contributed by atoms with Crippen molar-refractivity contribution in [2.24, 2.45) is 0 Å². The van der Waals surface area contributed by atoms with Crippen LogP contribution in [0.25, 0.3) is 209 Å². The number of pyridine rings is 8. The van der Waals surface area contributed by atoms with E-state index < -0.39 is 0 Å². The Labute approximate surface area is 615 Å². The van der Waals surface area contributed by atoms with Crippen LogP contribution in [0.3, 0.4) is 0 Å². The molecule has 10 heterocycles. The van der Waals surface area contributed by atoms with Crippen LogP contribution >= 0.6 is 0 Å². The van der Waals surface area contributed by atoms with Crippen LogP contribution in [0, 0.1) is 0 Å². The van der Waals surface area contributed by atoms with Gasteiger partial charge in [-0.2, -0.15) is 0 Å². The van der Waals surface area contributed by atoms with Crippen molar-refractivity contribution in [3.05, 3.63) is 367 Å². The first-order valence-electron chi connectivity index (χ1n) is 35.6. The number of hydrogen-bond donors (Lipinski definition) is 0. The highest BCUT2D eigenvalue weighted by molar-refractivity contribution is 6.13. The molecule has 512 valence electrons. The van der Waals surface area contributed by atoms with Crippen LogP contribution in [0.5, 0.6) is 0 Å². The van der Waals surface area contributed by atoms with E-state index >= 15 is 0 Å². The van der Waals surface area contributed by atoms with Crippen molar-refractivity contribution in [2.45, 2.75) is 0 Å². The van der Waals surface area contributed by atoms with E-state index in [0.717, 1.165) is 27.7 Å². The van der Waals surface area contributed by atoms with Gasteiger partial charge in [0.05, 0.1) is 90.0 Å². The Bertz CT molecular complexity index is 8150. The van der Waals surface area contributed by atoms with Crippen molar-refractivity contribution in [2.75, 3.05) is 0 Å². The molecule has 0 aliphatic carbocycles. The highest BCUT2D eigenvalue weighted by Crippen LogP contribution is 2.36. The van der Waals surface area contributed by atoms with Crippen LogP contribution in [0.1, 0.15) is 0 Å². The summed E-state index contributed by atoms with van der Waals surface area (Å²) >= 11 is 0. The van der Waals surface area contributed by atoms with Gasteiger partial charge in [-0.1, -0.05) is 115 Å². The van der Waals surface area contributed by atoms with Crippen LogP contribution in [0.4, 0.5) is 0 Å². The van der Waals surface area contributed by atoms with Crippen molar-refractivity contribution >= 4 is 152 Å². The fraction of sp³-hybridized carbons (Fsp3) is 0. The lowest BCUT2D eigenvalue weighted by atomic mass is 10.0. The van der Waals surface area contributed by atoms with Crippen molar-refractivity contribution in [1.29, 1.82) is 0 Å². The molecule has 0 N–H and O–H groups in total. The molecule has 17 nitrogen and oxygen atoms in total. The predicted octanol–water partition coefficient (Wildman–Crippen LogP) is 16.2. The van der Waals surface area contributed by atoms with Crippen molar-refractivity contribution in [3.63, 3.8) is 0 Å². The predicted molar refractivity (Wildman–Crippen MR) is 438 cm³/mol. The van der Waals surface area contributed by atoms with E-state index in [1.807, 2.05) is 206 Å². The lowest BCUT2D eigenvalue weighted by Crippen LogP contribution is -2.14. The first kappa shape index (κ1) is 61.9. The van der Waals surface area contributed by atoms with E-state index in [2.05, 4.69) is 0 Å². The van der Waals surface area contributed by atoms with Gasteiger partial charge in [-0.15, -0.1) is 0 Å². The largest absolute Gasteiger partial charge is 0.308 e. The molecular formula is C93H47N9O8. The summed E-state index contributed by atoms with van der Waals surface area (Å²) < 4.78 is 8.01. The number of fused-ring (bicyclic) bond motifs is 16. The average molecular weight is 1420 g/mol. The smallest absolute Gasteiger partial charge is 0.197 e. The molecule has 0 saturated heterocycles. The summed E-state index contributed by atoms with van der Waals surface area (Å²) in [7, 11) is 0. The summed E-state index contributed by atoms with van der Waals surface area (Å²) in [6.45, 7) is 0. The molecule has 110 heavy (non-hydrogen) atoms. The number of para-hydroxylation sites is 8. The van der Waals surface area contributed by atoms with Gasteiger partial charge in [-0.3, -0.25) is 48.3 Å². The molecule has 23 aromatic rings. The summed E-state index contributed by atoms with van der Waals surface area (Å²) in [6, 6.07) is 82.9. The van der Waals surface area contributed by atoms with Gasteiger partial charge in [-0.25, -0.2) is 15.0 Å². The van der Waals surface area contributed by atoms with E-state index in [1.165, 1.54) is 0 Å². The summed E-state index contributed by atoms with van der Waals surface area (Å²) in [5.41, 5.74) is 11.5. The average Bonchev–Trinajstić information content (AvgIpc) is 0.730. The highest BCUT2D eigenvalue weighted by atomic mass is 16.1. The standard InChI is InChI=1S/C49H25N5O4.C44H22N4O4/c55-43-29-12-4-6-18-37(29)53-39-22-20-27(24-35(39)45(57)33-16-8-14-31(43)41(33)53)48-50-47(26-10-2-1-3-11-26)51-49(52-48)28-21-23-40-36(25-28)46(58)34-17-9-15-32-42(34)54(40)38-19-7-5-13-30(38)44(32)56;49-41-25-7-1-3-13-35(25)47-37-17-15-23(19-31(37)43(51)29-11-5-9-27(41)39(29)47)33-21-46-34(22-45-33)24-16-18-38-32(20-24)44(52)30-12-6-10-28-40(30)48(38)36-14-4-2-8-26(36)42(28)50/h1-25H;1-22H. The highest BCUT2D eigenvalue weighted by Gasteiger charge is 2.25. The minimum absolute atomic E-state index is 0.0949. The summed E-state index contributed by atoms with van der Waals surface area (Å²) in [4.78, 5) is 135. The van der Waals surface area contributed by atoms with Gasteiger partial charge < -0.3 is 17.6 Å². The molecule has 17 heteroatoms. The molecule has 0 spiro atoms. The lowest BCUT2D eigenvalue weighted by Gasteiger charge is -2.15. The summed E-state index contributed by atoms with van der Waals surface area (Å²) in [5.74, 6) is 1.11. The molecule has 0 atom stereocenters. The number of rotatable bonds is 5. The number of nitrogens with zero attached hydrogens (tertiary/aromatic N) is 9. The van der Waals surface area contributed by atoms with Crippen LogP contribution in [-0.4, -0.2) is 42.5 Å². The zero-order chi connectivity index (χ0) is 73.6. The number of hydrogen-bond acceptors (Lipinski definition) is 13. The fourth-order valence-electron chi connectivity index (χ4n) is 16.9. The first-order valence-corrected chi connectivity index (χ1v) is 35.6. The lowest BCUT2D eigenvalue weighted by molar-refractivity contribution is 1.07. The zero-order valence-corrected chi connectivity index (χ0v) is 57.4. The molecular weight excluding hydrogens is 1370 g/mol. The normalized spacial score (nSPS) is 12.1. The van der Waals surface area contributed by atoms with Gasteiger partial charge in [0.25, 0.3) is 0 Å². The minimum Gasteiger partial charge on any atom is -0.308 e. The Kier molecular flexibility index (Phi) is 13.0. The maximum Gasteiger partial charge on any atom is 0.197 e. The van der Waals surface area contributed by atoms with E-state index in [4.69, 9.17) is 24.9 Å². The van der Waals surface area contributed by atoms with E-state index in [0.29, 0.717) is 181 Å². The number of benzene rings is 13. The van der Waals surface area contributed by atoms with E-state index in [9.17, 15) is 38.4 Å². The van der Waals surface area contributed by atoms with Gasteiger partial charge in [0.15, 0.2) is 60.9 Å². The third-order valence-electron chi connectivity index (χ3n) is 21.9. The Morgan fingerprint density at radius 3 is 0.682 bits per heavy atom. The van der Waals surface area contributed by atoms with E-state index in [-0.39, 0.29) is 43.4 Å². The molecule has 0 aliphatic rings. The molecule has 0 amide bonds. The maximum absolute atomic E-state index is 14.3. The second-order valence-electron chi connectivity index (χ2n) is 27.7. The van der Waals surface area contributed by atoms with Gasteiger partial charge in [0, 0.05) is 114 Å². The molecule has 0 saturated carbocycles. The van der Waals surface area contributed by atoms with Crippen molar-refractivity contribution < 1.29 is 0 Å². The molecule has 10 aromatic heterocycles. The minimum atomic E-state index is -0.202. The van der Waals surface area contributed by atoms with Crippen molar-refractivity contribution in [1.82, 2.24) is 42.5 Å². The second-order valence-corrected chi connectivity index (χ2v) is 27.7. The topological polar surface area (TPSA) is 219 Å². The molecule has 0 bridgehead atoms. The van der Waals surface area contributed by atoms with Crippen LogP contribution in [-0.2, 0) is 0 Å². The SMILES string of the molecule is O=c1c2ccccc2n2c3ccc(-c4cnc(-c5ccc6c(c5)c(=O)c5cccc7c(=O)c8ccccc8n6c75)cn4)cc3c(=O)c3cccc1c32.O=c1c2ccccc2n2c3ccc(-c4nc(-c5ccccc5)nc(-c5ccc6c(c5)c(=O)c5cccc7c(=O)c8ccccc8n6c75)n4)cc3c(=O)c3cccc1c32. The molecule has 0 unspecified atom stereocenters. The maximum atomic E-state index is 14.3. The number of aromatic nitrogens is 9. The van der Waals surface area contributed by atoms with E-state index in [1.54, 1.807) is 97.3 Å². The summed E-state index contributed by atoms with van der Waals surface area (Å²) in [5, 5.41) is 8.07. The Morgan fingerprint density at radius 1 is 0.182 bits per heavy atom. The van der Waals surface area contributed by atoms with Gasteiger partial charge in [-0.05, 0) is 158 Å². The Hall–Kier alpha value is -15.5. The Balaban J connectivity index is 0.000000136. The third kappa shape index (κ3) is 8.69. The van der Waals surface area contributed by atoms with Gasteiger partial charge >= 0.3 is 0 Å². The molecule has 23 rings (SSSR count). The zero-order valence-electron chi connectivity index (χ0n) is 57.4. The third-order valence-corrected chi connectivity index (χ3v) is 21.9. The molecule has 0 radical (unpaired) electrons. The second kappa shape index (κ2) is 23.0. The monoisotopic (exact) mass is 1420 g/mol. The fourth-order valence-corrected chi connectivity index (χ4v) is 16.9. The molecule has 13 aromatic carbocycles. The van der Waals surface area contributed by atoms with Gasteiger partial charge in [0.2, 0.25) is 0 Å². The quantitative estimate of drug-likeness (QED) is 0.116. The Morgan fingerprint density at radius 2 is 0.400 bits per heavy atom.